The predicted molar refractivity (Wildman–Crippen MR) is 397 cm³/mol. The van der Waals surface area contributed by atoms with Gasteiger partial charge in [0.1, 0.15) is 73.2 Å². The van der Waals surface area contributed by atoms with Gasteiger partial charge in [-0.15, -0.1) is 0 Å². The highest BCUT2D eigenvalue weighted by atomic mass is 16.8. The van der Waals surface area contributed by atoms with Gasteiger partial charge in [-0.1, -0.05) is 300 Å². The van der Waals surface area contributed by atoms with E-state index in [1.807, 2.05) is 6.08 Å². The number of hydrogen-bond donors (Lipinski definition) is 12. The minimum Gasteiger partial charge on any atom is -0.394 e. The van der Waals surface area contributed by atoms with Crippen molar-refractivity contribution in [3.63, 3.8) is 0 Å². The second-order valence-corrected chi connectivity index (χ2v) is 29.2. The molecule has 0 aromatic heterocycles. The highest BCUT2D eigenvalue weighted by Crippen LogP contribution is 2.33. The van der Waals surface area contributed by atoms with Crippen LogP contribution in [0.25, 0.3) is 0 Å². The van der Waals surface area contributed by atoms with Gasteiger partial charge >= 0.3 is 0 Å². The fraction of sp³-hybridized carbons (Fsp3) is 0.889. The van der Waals surface area contributed by atoms with Crippen LogP contribution in [0.15, 0.2) is 48.6 Å². The van der Waals surface area contributed by atoms with Gasteiger partial charge < -0.3 is 89.9 Å². The number of unbranched alkanes of at least 4 members (excludes halogenated alkanes) is 43. The van der Waals surface area contributed by atoms with E-state index >= 15 is 0 Å². The number of carbonyl (C=O) groups is 1. The lowest BCUT2D eigenvalue weighted by Crippen LogP contribution is -2.66. The number of rotatable bonds is 65. The highest BCUT2D eigenvalue weighted by molar-refractivity contribution is 5.76. The Hall–Kier alpha value is -2.25. The molecule has 17 atom stereocenters. The zero-order valence-corrected chi connectivity index (χ0v) is 62.7. The van der Waals surface area contributed by atoms with Gasteiger partial charge in [0.2, 0.25) is 5.91 Å². The second-order valence-electron chi connectivity index (χ2n) is 29.2. The number of carbonyl (C=O) groups excluding carboxylic acids is 1. The Morgan fingerprint density at radius 3 is 1.01 bits per heavy atom. The van der Waals surface area contributed by atoms with E-state index in [1.54, 1.807) is 6.08 Å². The summed E-state index contributed by atoms with van der Waals surface area (Å²) in [6.45, 7) is 1.71. The van der Waals surface area contributed by atoms with Gasteiger partial charge in [0.25, 0.3) is 0 Å². The van der Waals surface area contributed by atoms with Crippen molar-refractivity contribution in [1.82, 2.24) is 5.32 Å². The van der Waals surface area contributed by atoms with Crippen LogP contribution in [0.2, 0.25) is 0 Å². The molecule has 12 N–H and O–H groups in total. The van der Waals surface area contributed by atoms with Gasteiger partial charge in [0.15, 0.2) is 18.9 Å². The summed E-state index contributed by atoms with van der Waals surface area (Å²) in [6.07, 6.45) is 51.6. The van der Waals surface area contributed by atoms with Crippen LogP contribution in [0.3, 0.4) is 0 Å². The van der Waals surface area contributed by atoms with E-state index in [0.29, 0.717) is 12.8 Å². The summed E-state index contributed by atoms with van der Waals surface area (Å²) >= 11 is 0. The van der Waals surface area contributed by atoms with Crippen molar-refractivity contribution in [2.45, 2.75) is 433 Å². The standard InChI is InChI=1S/C81H149NO18/c1-3-5-7-9-11-13-15-17-19-20-21-22-23-24-25-26-27-28-29-30-31-32-33-34-35-36-37-38-39-40-41-42-43-44-45-47-49-51-53-55-57-59-69(87)82-64(65(86)58-56-54-52-50-48-46-18-16-14-12-10-8-6-4-2)63-95-79-75(93)72(90)77(67(61-84)97-79)100-81-76(94)73(91)78(68(62-85)98-81)99-80-74(92)71(89)70(88)66(60-83)96-80/h14,16,20-21,48,50,56,58,64-68,70-81,83-86,88-94H,3-13,15,17-19,22-47,49,51-55,57,59-63H2,1-2H3,(H,82,87)/b16-14+,21-20-,50-48+,58-56+. The van der Waals surface area contributed by atoms with Crippen LogP contribution in [-0.4, -0.2) is 193 Å². The molecule has 17 unspecified atom stereocenters. The molecule has 3 heterocycles. The van der Waals surface area contributed by atoms with E-state index in [9.17, 15) is 61.0 Å². The third-order valence-corrected chi connectivity index (χ3v) is 20.3. The molecule has 3 aliphatic heterocycles. The van der Waals surface area contributed by atoms with Crippen molar-refractivity contribution in [3.8, 4) is 0 Å². The Balaban J connectivity index is 1.27. The van der Waals surface area contributed by atoms with Gasteiger partial charge in [-0.2, -0.15) is 0 Å². The van der Waals surface area contributed by atoms with E-state index in [1.165, 1.54) is 250 Å². The van der Waals surface area contributed by atoms with E-state index in [4.69, 9.17) is 28.4 Å². The van der Waals surface area contributed by atoms with Crippen LogP contribution in [0.4, 0.5) is 0 Å². The van der Waals surface area contributed by atoms with Crippen LogP contribution >= 0.6 is 0 Å². The smallest absolute Gasteiger partial charge is 0.220 e. The number of aliphatic hydroxyl groups excluding tert-OH is 11. The molecule has 3 saturated heterocycles. The Kier molecular flexibility index (Phi) is 56.9. The van der Waals surface area contributed by atoms with Crippen molar-refractivity contribution < 1.29 is 89.4 Å². The lowest BCUT2D eigenvalue weighted by molar-refractivity contribution is -0.379. The Labute approximate surface area is 605 Å². The quantitative estimate of drug-likeness (QED) is 0.0199. The number of amides is 1. The Bertz CT molecular complexity index is 1990. The molecule has 3 fully saturated rings. The molecule has 0 aliphatic carbocycles. The van der Waals surface area contributed by atoms with Crippen molar-refractivity contribution >= 4 is 5.91 Å². The van der Waals surface area contributed by atoms with Gasteiger partial charge in [-0.3, -0.25) is 4.79 Å². The largest absolute Gasteiger partial charge is 0.394 e. The number of allylic oxidation sites excluding steroid dienone is 7. The molecule has 0 aromatic rings. The SMILES string of the molecule is CCCCCC/C=C/CC/C=C/CC/C=C/C(O)C(COC1OC(CO)C(OC2OC(CO)C(OC3OC(CO)C(O)C(O)C3O)C(O)C2O)C(O)C1O)NC(=O)CCCCCCCCCCCCCCCCCCCCCCCCCCCCCCC/C=C\CCCCCCCCCC. The van der Waals surface area contributed by atoms with Gasteiger partial charge in [-0.05, 0) is 70.6 Å². The summed E-state index contributed by atoms with van der Waals surface area (Å²) in [5, 5.41) is 121. The average molecular weight is 1430 g/mol. The van der Waals surface area contributed by atoms with E-state index < -0.39 is 124 Å². The van der Waals surface area contributed by atoms with Crippen molar-refractivity contribution in [3.05, 3.63) is 48.6 Å². The average Bonchev–Trinajstić information content (AvgIpc) is 0.784. The second kappa shape index (κ2) is 61.9. The molecular weight excluding hydrogens is 1270 g/mol. The lowest BCUT2D eigenvalue weighted by atomic mass is 9.96. The van der Waals surface area contributed by atoms with Crippen molar-refractivity contribution in [1.29, 1.82) is 0 Å². The predicted octanol–water partition coefficient (Wildman–Crippen LogP) is 13.7. The first-order chi connectivity index (χ1) is 48.8. The fourth-order valence-corrected chi connectivity index (χ4v) is 13.8. The Morgan fingerprint density at radius 2 is 0.640 bits per heavy atom. The molecule has 3 rings (SSSR count). The van der Waals surface area contributed by atoms with Crippen molar-refractivity contribution in [2.24, 2.45) is 0 Å². The van der Waals surface area contributed by atoms with Gasteiger partial charge in [0.05, 0.1) is 38.6 Å². The normalized spacial score (nSPS) is 26.7. The third-order valence-electron chi connectivity index (χ3n) is 20.3. The van der Waals surface area contributed by atoms with E-state index in [0.717, 1.165) is 44.9 Å². The highest BCUT2D eigenvalue weighted by Gasteiger charge is 2.54. The molecule has 19 heteroatoms. The van der Waals surface area contributed by atoms with E-state index in [2.05, 4.69) is 55.6 Å². The maximum atomic E-state index is 13.4. The molecule has 0 saturated carbocycles. The maximum Gasteiger partial charge on any atom is 0.220 e. The number of hydrogen-bond acceptors (Lipinski definition) is 18. The zero-order chi connectivity index (χ0) is 72.5. The molecule has 0 aromatic carbocycles. The van der Waals surface area contributed by atoms with Gasteiger partial charge in [-0.25, -0.2) is 0 Å². The molecule has 3 aliphatic rings. The minimum absolute atomic E-state index is 0.235. The fourth-order valence-electron chi connectivity index (χ4n) is 13.8. The molecule has 1 amide bonds. The summed E-state index contributed by atoms with van der Waals surface area (Å²) in [5.41, 5.74) is 0. The molecule has 19 nitrogen and oxygen atoms in total. The molecule has 0 bridgehead atoms. The van der Waals surface area contributed by atoms with E-state index in [-0.39, 0.29) is 18.9 Å². The maximum absolute atomic E-state index is 13.4. The topological polar surface area (TPSA) is 307 Å². The number of aliphatic hydroxyl groups is 11. The first-order valence-electron chi connectivity index (χ1n) is 40.9. The third kappa shape index (κ3) is 41.6. The molecule has 0 radical (unpaired) electrons. The van der Waals surface area contributed by atoms with Crippen LogP contribution in [0.1, 0.15) is 328 Å². The summed E-state index contributed by atoms with van der Waals surface area (Å²) in [5.74, 6) is -0.285. The van der Waals surface area contributed by atoms with Crippen LogP contribution in [0, 0.1) is 0 Å². The van der Waals surface area contributed by atoms with Crippen LogP contribution in [-0.2, 0) is 33.2 Å². The summed E-state index contributed by atoms with van der Waals surface area (Å²) < 4.78 is 34.4. The minimum atomic E-state index is -1.98. The molecule has 586 valence electrons. The monoisotopic (exact) mass is 1420 g/mol. The molecule has 0 spiro atoms. The van der Waals surface area contributed by atoms with Crippen LogP contribution < -0.4 is 5.32 Å². The van der Waals surface area contributed by atoms with Crippen molar-refractivity contribution in [2.75, 3.05) is 26.4 Å². The van der Waals surface area contributed by atoms with Gasteiger partial charge in [0, 0.05) is 6.42 Å². The number of nitrogens with one attached hydrogen (secondary N) is 1. The molecular formula is C81H149NO18. The zero-order valence-electron chi connectivity index (χ0n) is 62.7. The summed E-state index contributed by atoms with van der Waals surface area (Å²) in [7, 11) is 0. The summed E-state index contributed by atoms with van der Waals surface area (Å²) in [4.78, 5) is 13.4. The van der Waals surface area contributed by atoms with Crippen LogP contribution in [0.5, 0.6) is 0 Å². The summed E-state index contributed by atoms with van der Waals surface area (Å²) in [6, 6.07) is -0.995. The first kappa shape index (κ1) is 92.0. The number of ether oxygens (including phenoxy) is 6. The first-order valence-corrected chi connectivity index (χ1v) is 40.9. The lowest BCUT2D eigenvalue weighted by Gasteiger charge is -2.48. The molecule has 100 heavy (non-hydrogen) atoms. The Morgan fingerprint density at radius 1 is 0.350 bits per heavy atom.